The standard InChI is InChI=1S/C20H21N3O2/c1-14-18(19(22-25-14)15-9-5-4-6-10-15)20(24)21-17-12-8-7-11-16(17)13-23(2)3/h4-12H,13H2,1-3H3,(H,21,24). The number of anilines is 1. The highest BCUT2D eigenvalue weighted by Crippen LogP contribution is 2.26. The number of benzene rings is 2. The molecule has 3 rings (SSSR count). The molecule has 0 aliphatic rings. The molecular formula is C20H21N3O2. The van der Waals surface area contributed by atoms with E-state index in [9.17, 15) is 4.79 Å². The molecule has 25 heavy (non-hydrogen) atoms. The molecule has 0 saturated carbocycles. The monoisotopic (exact) mass is 335 g/mol. The van der Waals surface area contributed by atoms with Gasteiger partial charge in [0.05, 0.1) is 0 Å². The molecule has 0 spiro atoms. The number of aryl methyl sites for hydroxylation is 1. The highest BCUT2D eigenvalue weighted by molar-refractivity contribution is 6.09. The number of aromatic nitrogens is 1. The topological polar surface area (TPSA) is 58.4 Å². The summed E-state index contributed by atoms with van der Waals surface area (Å²) in [5.74, 6) is 0.283. The van der Waals surface area contributed by atoms with E-state index in [1.165, 1.54) is 0 Å². The quantitative estimate of drug-likeness (QED) is 0.766. The zero-order chi connectivity index (χ0) is 17.8. The molecule has 0 unspecified atom stereocenters. The molecule has 1 heterocycles. The molecule has 2 aromatic carbocycles. The molecule has 5 heteroatoms. The van der Waals surface area contributed by atoms with Gasteiger partial charge >= 0.3 is 0 Å². The van der Waals surface area contributed by atoms with Crippen LogP contribution >= 0.6 is 0 Å². The van der Waals surface area contributed by atoms with Crippen LogP contribution in [-0.2, 0) is 6.54 Å². The Hall–Kier alpha value is -2.92. The van der Waals surface area contributed by atoms with E-state index in [4.69, 9.17) is 4.52 Å². The average Bonchev–Trinajstić information content (AvgIpc) is 2.98. The summed E-state index contributed by atoms with van der Waals surface area (Å²) in [5, 5.41) is 7.08. The van der Waals surface area contributed by atoms with Crippen molar-refractivity contribution >= 4 is 11.6 Å². The van der Waals surface area contributed by atoms with E-state index in [1.807, 2.05) is 68.7 Å². The summed E-state index contributed by atoms with van der Waals surface area (Å²) < 4.78 is 5.28. The van der Waals surface area contributed by atoms with Gasteiger partial charge < -0.3 is 14.7 Å². The van der Waals surface area contributed by atoms with Crippen LogP contribution < -0.4 is 5.32 Å². The van der Waals surface area contributed by atoms with Gasteiger partial charge in [0.2, 0.25) is 0 Å². The van der Waals surface area contributed by atoms with E-state index < -0.39 is 0 Å². The van der Waals surface area contributed by atoms with Gasteiger partial charge in [0.25, 0.3) is 5.91 Å². The second-order valence-corrected chi connectivity index (χ2v) is 6.18. The first-order chi connectivity index (χ1) is 12.1. The fraction of sp³-hybridized carbons (Fsp3) is 0.200. The molecule has 0 atom stereocenters. The number of hydrogen-bond donors (Lipinski definition) is 1. The van der Waals surface area contributed by atoms with E-state index in [0.29, 0.717) is 17.0 Å². The van der Waals surface area contributed by atoms with Crippen LogP contribution in [-0.4, -0.2) is 30.1 Å². The third-order valence-corrected chi connectivity index (χ3v) is 3.89. The minimum absolute atomic E-state index is 0.219. The third-order valence-electron chi connectivity index (χ3n) is 3.89. The normalized spacial score (nSPS) is 10.9. The molecule has 5 nitrogen and oxygen atoms in total. The Bertz CT molecular complexity index is 870. The number of nitrogens with one attached hydrogen (secondary N) is 1. The van der Waals surface area contributed by atoms with Gasteiger partial charge in [0, 0.05) is 17.8 Å². The van der Waals surface area contributed by atoms with Crippen molar-refractivity contribution in [2.75, 3.05) is 19.4 Å². The lowest BCUT2D eigenvalue weighted by Crippen LogP contribution is -2.17. The first-order valence-electron chi connectivity index (χ1n) is 8.12. The predicted molar refractivity (Wildman–Crippen MR) is 98.5 cm³/mol. The third kappa shape index (κ3) is 3.78. The van der Waals surface area contributed by atoms with Crippen LogP contribution in [0.25, 0.3) is 11.3 Å². The van der Waals surface area contributed by atoms with E-state index in [1.54, 1.807) is 6.92 Å². The zero-order valence-electron chi connectivity index (χ0n) is 14.6. The maximum atomic E-state index is 12.9. The number of carbonyl (C=O) groups excluding carboxylic acids is 1. The largest absolute Gasteiger partial charge is 0.360 e. The molecule has 1 aromatic heterocycles. The highest BCUT2D eigenvalue weighted by Gasteiger charge is 2.22. The molecule has 0 fully saturated rings. The number of para-hydroxylation sites is 1. The second kappa shape index (κ2) is 7.32. The lowest BCUT2D eigenvalue weighted by atomic mass is 10.1. The Morgan fingerprint density at radius 2 is 1.76 bits per heavy atom. The number of carbonyl (C=O) groups is 1. The van der Waals surface area contributed by atoms with Gasteiger partial charge in [-0.1, -0.05) is 53.7 Å². The predicted octanol–water partition coefficient (Wildman–Crippen LogP) is 3.96. The Morgan fingerprint density at radius 1 is 1.08 bits per heavy atom. The fourth-order valence-electron chi connectivity index (χ4n) is 2.74. The van der Waals surface area contributed by atoms with Crippen molar-refractivity contribution in [1.82, 2.24) is 10.1 Å². The van der Waals surface area contributed by atoms with Crippen LogP contribution in [0.1, 0.15) is 21.7 Å². The Balaban J connectivity index is 1.92. The van der Waals surface area contributed by atoms with Crippen molar-refractivity contribution in [2.45, 2.75) is 13.5 Å². The Morgan fingerprint density at radius 3 is 2.48 bits per heavy atom. The summed E-state index contributed by atoms with van der Waals surface area (Å²) in [5.41, 5.74) is 3.72. The lowest BCUT2D eigenvalue weighted by molar-refractivity contribution is 0.102. The summed E-state index contributed by atoms with van der Waals surface area (Å²) in [7, 11) is 3.99. The molecule has 0 aliphatic heterocycles. The van der Waals surface area contributed by atoms with Crippen molar-refractivity contribution < 1.29 is 9.32 Å². The molecule has 0 saturated heterocycles. The minimum Gasteiger partial charge on any atom is -0.360 e. The van der Waals surface area contributed by atoms with E-state index in [2.05, 4.69) is 15.4 Å². The van der Waals surface area contributed by atoms with Gasteiger partial charge in [0.1, 0.15) is 17.0 Å². The van der Waals surface area contributed by atoms with Gasteiger partial charge in [-0.3, -0.25) is 4.79 Å². The van der Waals surface area contributed by atoms with Gasteiger partial charge in [-0.05, 0) is 32.6 Å². The van der Waals surface area contributed by atoms with E-state index in [0.717, 1.165) is 23.4 Å². The van der Waals surface area contributed by atoms with Crippen LogP contribution in [0.3, 0.4) is 0 Å². The summed E-state index contributed by atoms with van der Waals surface area (Å²) in [6.07, 6.45) is 0. The second-order valence-electron chi connectivity index (χ2n) is 6.18. The first-order valence-corrected chi connectivity index (χ1v) is 8.12. The maximum absolute atomic E-state index is 12.9. The fourth-order valence-corrected chi connectivity index (χ4v) is 2.74. The van der Waals surface area contributed by atoms with Crippen LogP contribution in [0.2, 0.25) is 0 Å². The molecule has 0 aliphatic carbocycles. The molecular weight excluding hydrogens is 314 g/mol. The number of amides is 1. The van der Waals surface area contributed by atoms with Crippen molar-refractivity contribution in [3.63, 3.8) is 0 Å². The lowest BCUT2D eigenvalue weighted by Gasteiger charge is -2.15. The first kappa shape index (κ1) is 16.9. The van der Waals surface area contributed by atoms with Crippen molar-refractivity contribution in [3.05, 3.63) is 71.5 Å². The molecule has 0 radical (unpaired) electrons. The smallest absolute Gasteiger partial charge is 0.261 e. The van der Waals surface area contributed by atoms with Gasteiger partial charge in [-0.25, -0.2) is 0 Å². The zero-order valence-corrected chi connectivity index (χ0v) is 14.6. The molecule has 1 N–H and O–H groups in total. The van der Waals surface area contributed by atoms with Crippen LogP contribution in [0.15, 0.2) is 59.1 Å². The summed E-state index contributed by atoms with van der Waals surface area (Å²) in [4.78, 5) is 15.0. The highest BCUT2D eigenvalue weighted by atomic mass is 16.5. The van der Waals surface area contributed by atoms with Crippen molar-refractivity contribution in [2.24, 2.45) is 0 Å². The molecule has 3 aromatic rings. The van der Waals surface area contributed by atoms with Gasteiger partial charge in [0.15, 0.2) is 0 Å². The average molecular weight is 335 g/mol. The number of hydrogen-bond acceptors (Lipinski definition) is 4. The van der Waals surface area contributed by atoms with Crippen LogP contribution in [0.5, 0.6) is 0 Å². The number of rotatable bonds is 5. The van der Waals surface area contributed by atoms with Gasteiger partial charge in [-0.15, -0.1) is 0 Å². The summed E-state index contributed by atoms with van der Waals surface area (Å²) in [6, 6.07) is 17.4. The van der Waals surface area contributed by atoms with E-state index >= 15 is 0 Å². The van der Waals surface area contributed by atoms with Crippen LogP contribution in [0, 0.1) is 6.92 Å². The molecule has 128 valence electrons. The van der Waals surface area contributed by atoms with Crippen LogP contribution in [0.4, 0.5) is 5.69 Å². The van der Waals surface area contributed by atoms with Gasteiger partial charge in [-0.2, -0.15) is 0 Å². The maximum Gasteiger partial charge on any atom is 0.261 e. The Labute approximate surface area is 147 Å². The SMILES string of the molecule is Cc1onc(-c2ccccc2)c1C(=O)Nc1ccccc1CN(C)C. The molecule has 0 bridgehead atoms. The van der Waals surface area contributed by atoms with Crippen molar-refractivity contribution in [3.8, 4) is 11.3 Å². The van der Waals surface area contributed by atoms with Crippen molar-refractivity contribution in [1.29, 1.82) is 0 Å². The number of nitrogens with zero attached hydrogens (tertiary/aromatic N) is 2. The summed E-state index contributed by atoms with van der Waals surface area (Å²) in [6.45, 7) is 2.49. The Kier molecular flexibility index (Phi) is 4.95. The minimum atomic E-state index is -0.219. The van der Waals surface area contributed by atoms with E-state index in [-0.39, 0.29) is 5.91 Å². The molecule has 1 amide bonds. The summed E-state index contributed by atoms with van der Waals surface area (Å²) >= 11 is 0.